The summed E-state index contributed by atoms with van der Waals surface area (Å²) >= 11 is 0. The molecule has 0 aliphatic heterocycles. The second-order valence-electron chi connectivity index (χ2n) is 5.74. The van der Waals surface area contributed by atoms with Gasteiger partial charge in [-0.2, -0.15) is 0 Å². The highest BCUT2D eigenvalue weighted by molar-refractivity contribution is 6.02. The van der Waals surface area contributed by atoms with Crippen molar-refractivity contribution in [3.05, 3.63) is 17.7 Å². The number of Topliss-reactive ketones (excluding diaryl/α,β-unsaturated/α-hetero) is 1. The van der Waals surface area contributed by atoms with E-state index in [4.69, 9.17) is 19.9 Å². The minimum absolute atomic E-state index is 0.00396. The van der Waals surface area contributed by atoms with Gasteiger partial charge in [0.25, 0.3) is 0 Å². The minimum Gasteiger partial charge on any atom is -0.493 e. The van der Waals surface area contributed by atoms with Gasteiger partial charge in [-0.3, -0.25) is 10.5 Å². The average molecular weight is 309 g/mol. The molecule has 1 atom stereocenters. The lowest BCUT2D eigenvalue weighted by molar-refractivity contribution is 0.0928. The van der Waals surface area contributed by atoms with Crippen LogP contribution in [0.1, 0.15) is 51.9 Å². The second kappa shape index (κ2) is 8.03. The van der Waals surface area contributed by atoms with Gasteiger partial charge in [-0.25, -0.2) is 0 Å². The molecular formula is C17H27NO4. The third-order valence-electron chi connectivity index (χ3n) is 2.79. The van der Waals surface area contributed by atoms with E-state index in [1.807, 2.05) is 34.6 Å². The third kappa shape index (κ3) is 4.91. The number of carbonyl (C=O) groups excluding carboxylic acids is 1. The lowest BCUT2D eigenvalue weighted by atomic mass is 9.99. The summed E-state index contributed by atoms with van der Waals surface area (Å²) in [4.78, 5) is 12.5. The van der Waals surface area contributed by atoms with Crippen LogP contribution >= 0.6 is 0 Å². The van der Waals surface area contributed by atoms with Gasteiger partial charge in [0.05, 0.1) is 12.7 Å². The van der Waals surface area contributed by atoms with E-state index in [0.29, 0.717) is 29.4 Å². The Bertz CT molecular complexity index is 510. The van der Waals surface area contributed by atoms with Gasteiger partial charge >= 0.3 is 0 Å². The summed E-state index contributed by atoms with van der Waals surface area (Å²) in [5.41, 5.74) is 6.15. The molecule has 0 aliphatic rings. The monoisotopic (exact) mass is 309 g/mol. The quantitative estimate of drug-likeness (QED) is 0.588. The Labute approximate surface area is 132 Å². The van der Waals surface area contributed by atoms with E-state index in [1.54, 1.807) is 19.1 Å². The molecule has 2 N–H and O–H groups in total. The van der Waals surface area contributed by atoms with Crippen LogP contribution in [0.5, 0.6) is 17.2 Å². The van der Waals surface area contributed by atoms with Crippen molar-refractivity contribution in [3.8, 4) is 17.2 Å². The van der Waals surface area contributed by atoms with Crippen LogP contribution < -0.4 is 19.9 Å². The van der Waals surface area contributed by atoms with Crippen molar-refractivity contribution < 1.29 is 19.0 Å². The van der Waals surface area contributed by atoms with E-state index in [1.165, 1.54) is 0 Å². The molecule has 1 aromatic carbocycles. The summed E-state index contributed by atoms with van der Waals surface area (Å²) in [6.45, 7) is 11.6. The number of ketones is 1. The number of ether oxygens (including phenoxy) is 3. The average Bonchev–Trinajstić information content (AvgIpc) is 2.36. The fourth-order valence-electron chi connectivity index (χ4n) is 2.00. The number of rotatable bonds is 8. The van der Waals surface area contributed by atoms with Crippen LogP contribution in [0.4, 0.5) is 0 Å². The van der Waals surface area contributed by atoms with E-state index >= 15 is 0 Å². The van der Waals surface area contributed by atoms with Crippen molar-refractivity contribution in [1.82, 2.24) is 0 Å². The standard InChI is InChI=1S/C17H27NO4/c1-7-20-14-8-13(21-11(4)5)9-15(22-12(6)18)16(14)17(19)10(2)3/h8-12H,7,18H2,1-6H3. The van der Waals surface area contributed by atoms with Crippen molar-refractivity contribution in [2.24, 2.45) is 11.7 Å². The summed E-state index contributed by atoms with van der Waals surface area (Å²) in [5, 5.41) is 0. The van der Waals surface area contributed by atoms with Crippen molar-refractivity contribution in [3.63, 3.8) is 0 Å². The topological polar surface area (TPSA) is 70.8 Å². The molecule has 0 spiro atoms. The molecule has 1 rings (SSSR count). The highest BCUT2D eigenvalue weighted by Gasteiger charge is 2.24. The zero-order valence-electron chi connectivity index (χ0n) is 14.3. The molecule has 0 aromatic heterocycles. The van der Waals surface area contributed by atoms with E-state index in [2.05, 4.69) is 0 Å². The molecule has 0 aliphatic carbocycles. The first-order valence-electron chi connectivity index (χ1n) is 7.70. The molecule has 0 bridgehead atoms. The van der Waals surface area contributed by atoms with Crippen molar-refractivity contribution in [2.45, 2.75) is 53.9 Å². The number of hydrogen-bond donors (Lipinski definition) is 1. The molecule has 0 radical (unpaired) electrons. The summed E-state index contributed by atoms with van der Waals surface area (Å²) in [6.07, 6.45) is -0.535. The van der Waals surface area contributed by atoms with Gasteiger partial charge in [-0.15, -0.1) is 0 Å². The summed E-state index contributed by atoms with van der Waals surface area (Å²) < 4.78 is 17.0. The lowest BCUT2D eigenvalue weighted by Gasteiger charge is -2.20. The minimum atomic E-state index is -0.539. The third-order valence-corrected chi connectivity index (χ3v) is 2.79. The van der Waals surface area contributed by atoms with Gasteiger partial charge in [0.15, 0.2) is 5.78 Å². The maximum atomic E-state index is 12.5. The normalized spacial score (nSPS) is 12.4. The Hall–Kier alpha value is -1.75. The Morgan fingerprint density at radius 2 is 1.68 bits per heavy atom. The predicted octanol–water partition coefficient (Wildman–Crippen LogP) is 3.39. The zero-order chi connectivity index (χ0) is 16.9. The molecule has 0 heterocycles. The van der Waals surface area contributed by atoms with E-state index < -0.39 is 6.23 Å². The van der Waals surface area contributed by atoms with Crippen LogP contribution in [-0.2, 0) is 0 Å². The molecule has 0 saturated heterocycles. The molecular weight excluding hydrogens is 282 g/mol. The Balaban J connectivity index is 3.43. The van der Waals surface area contributed by atoms with Gasteiger partial charge in [0.2, 0.25) is 0 Å². The fourth-order valence-corrected chi connectivity index (χ4v) is 2.00. The van der Waals surface area contributed by atoms with E-state index in [-0.39, 0.29) is 17.8 Å². The van der Waals surface area contributed by atoms with Gasteiger partial charge in [0, 0.05) is 18.1 Å². The number of nitrogens with two attached hydrogens (primary N) is 1. The van der Waals surface area contributed by atoms with Gasteiger partial charge in [-0.05, 0) is 27.7 Å². The molecule has 1 unspecified atom stereocenters. The zero-order valence-corrected chi connectivity index (χ0v) is 14.3. The van der Waals surface area contributed by atoms with E-state index in [9.17, 15) is 4.79 Å². The van der Waals surface area contributed by atoms with Crippen LogP contribution in [0.25, 0.3) is 0 Å². The molecule has 5 heteroatoms. The molecule has 22 heavy (non-hydrogen) atoms. The van der Waals surface area contributed by atoms with Crippen molar-refractivity contribution in [2.75, 3.05) is 6.61 Å². The predicted molar refractivity (Wildman–Crippen MR) is 86.8 cm³/mol. The molecule has 0 amide bonds. The first kappa shape index (κ1) is 18.3. The summed E-state index contributed by atoms with van der Waals surface area (Å²) in [6, 6.07) is 3.43. The first-order chi connectivity index (χ1) is 10.3. The Morgan fingerprint density at radius 1 is 1.09 bits per heavy atom. The number of hydrogen-bond acceptors (Lipinski definition) is 5. The number of benzene rings is 1. The van der Waals surface area contributed by atoms with Crippen molar-refractivity contribution >= 4 is 5.78 Å². The van der Waals surface area contributed by atoms with Crippen LogP contribution in [0.15, 0.2) is 12.1 Å². The molecule has 5 nitrogen and oxygen atoms in total. The molecule has 0 fully saturated rings. The highest BCUT2D eigenvalue weighted by atomic mass is 16.5. The molecule has 124 valence electrons. The smallest absolute Gasteiger partial charge is 0.172 e. The first-order valence-corrected chi connectivity index (χ1v) is 7.70. The fraction of sp³-hybridized carbons (Fsp3) is 0.588. The maximum absolute atomic E-state index is 12.5. The Morgan fingerprint density at radius 3 is 2.14 bits per heavy atom. The molecule has 0 saturated carbocycles. The second-order valence-corrected chi connectivity index (χ2v) is 5.74. The van der Waals surface area contributed by atoms with Crippen LogP contribution in [-0.4, -0.2) is 24.7 Å². The number of carbonyl (C=O) groups is 1. The molecule has 1 aromatic rings. The van der Waals surface area contributed by atoms with Crippen molar-refractivity contribution in [1.29, 1.82) is 0 Å². The van der Waals surface area contributed by atoms with Crippen LogP contribution in [0.3, 0.4) is 0 Å². The maximum Gasteiger partial charge on any atom is 0.172 e. The van der Waals surface area contributed by atoms with Gasteiger partial charge in [0.1, 0.15) is 29.0 Å². The SMILES string of the molecule is CCOc1cc(OC(C)C)cc(OC(C)N)c1C(=O)C(C)C. The summed E-state index contributed by atoms with van der Waals surface area (Å²) in [7, 11) is 0. The highest BCUT2D eigenvalue weighted by Crippen LogP contribution is 2.36. The van der Waals surface area contributed by atoms with Crippen LogP contribution in [0.2, 0.25) is 0 Å². The van der Waals surface area contributed by atoms with Gasteiger partial charge in [-0.1, -0.05) is 13.8 Å². The van der Waals surface area contributed by atoms with E-state index in [0.717, 1.165) is 0 Å². The summed E-state index contributed by atoms with van der Waals surface area (Å²) in [5.74, 6) is 1.24. The van der Waals surface area contributed by atoms with Crippen LogP contribution in [0, 0.1) is 5.92 Å². The Kier molecular flexibility index (Phi) is 6.68. The largest absolute Gasteiger partial charge is 0.493 e. The van der Waals surface area contributed by atoms with Gasteiger partial charge < -0.3 is 14.2 Å². The lowest BCUT2D eigenvalue weighted by Crippen LogP contribution is -2.24.